The zero-order valence-electron chi connectivity index (χ0n) is 7.98. The summed E-state index contributed by atoms with van der Waals surface area (Å²) < 4.78 is 4.54. The lowest BCUT2D eigenvalue weighted by Crippen LogP contribution is -2.11. The van der Waals surface area contributed by atoms with Crippen molar-refractivity contribution in [1.29, 1.82) is 0 Å². The van der Waals surface area contributed by atoms with Crippen LogP contribution in [0.4, 0.5) is 5.69 Å². The van der Waals surface area contributed by atoms with E-state index >= 15 is 0 Å². The molecule has 0 aliphatic rings. The third kappa shape index (κ3) is 2.14. The van der Waals surface area contributed by atoms with E-state index < -0.39 is 5.91 Å². The Morgan fingerprint density at radius 3 is 2.88 bits per heavy atom. The SMILES string of the molecule is O=C(Nc1ccc(O)c(Cl)c1)c1ccon1. The predicted molar refractivity (Wildman–Crippen MR) is 57.6 cm³/mol. The van der Waals surface area contributed by atoms with Crippen molar-refractivity contribution in [2.24, 2.45) is 0 Å². The fourth-order valence-corrected chi connectivity index (χ4v) is 1.29. The number of hydrogen-bond donors (Lipinski definition) is 2. The molecule has 16 heavy (non-hydrogen) atoms. The molecule has 1 amide bonds. The Bertz CT molecular complexity index is 511. The van der Waals surface area contributed by atoms with Crippen LogP contribution in [0.2, 0.25) is 5.02 Å². The summed E-state index contributed by atoms with van der Waals surface area (Å²) in [4.78, 5) is 11.5. The molecule has 0 unspecified atom stereocenters. The van der Waals surface area contributed by atoms with E-state index in [0.29, 0.717) is 5.69 Å². The van der Waals surface area contributed by atoms with Gasteiger partial charge in [0.25, 0.3) is 5.91 Å². The van der Waals surface area contributed by atoms with Gasteiger partial charge in [-0.3, -0.25) is 4.79 Å². The number of phenolic OH excluding ortho intramolecular Hbond substituents is 1. The van der Waals surface area contributed by atoms with E-state index in [1.165, 1.54) is 30.5 Å². The van der Waals surface area contributed by atoms with Crippen molar-refractivity contribution in [3.63, 3.8) is 0 Å². The second kappa shape index (κ2) is 4.24. The standard InChI is InChI=1S/C10H7ClN2O3/c11-7-5-6(1-2-9(7)14)12-10(15)8-3-4-16-13-8/h1-5,14H,(H,12,15). The van der Waals surface area contributed by atoms with Crippen LogP contribution in [0.15, 0.2) is 35.1 Å². The molecule has 1 aromatic carbocycles. The van der Waals surface area contributed by atoms with E-state index in [9.17, 15) is 9.90 Å². The number of rotatable bonds is 2. The summed E-state index contributed by atoms with van der Waals surface area (Å²) in [6, 6.07) is 5.80. The van der Waals surface area contributed by atoms with E-state index in [0.717, 1.165) is 0 Å². The molecule has 0 bridgehead atoms. The number of aromatic hydroxyl groups is 1. The van der Waals surface area contributed by atoms with Gasteiger partial charge in [0.15, 0.2) is 5.69 Å². The molecule has 0 fully saturated rings. The minimum atomic E-state index is -0.407. The van der Waals surface area contributed by atoms with Gasteiger partial charge in [0.1, 0.15) is 12.0 Å². The maximum Gasteiger partial charge on any atom is 0.277 e. The number of carbonyl (C=O) groups excluding carboxylic acids is 1. The molecule has 0 saturated heterocycles. The molecule has 0 aliphatic heterocycles. The zero-order valence-corrected chi connectivity index (χ0v) is 8.73. The largest absolute Gasteiger partial charge is 0.506 e. The molecule has 0 aliphatic carbocycles. The van der Waals surface area contributed by atoms with E-state index in [1.807, 2.05) is 0 Å². The normalized spacial score (nSPS) is 10.1. The van der Waals surface area contributed by atoms with Gasteiger partial charge in [-0.25, -0.2) is 0 Å². The van der Waals surface area contributed by atoms with E-state index in [4.69, 9.17) is 11.6 Å². The molecular weight excluding hydrogens is 232 g/mol. The number of aromatic nitrogens is 1. The quantitative estimate of drug-likeness (QED) is 0.787. The summed E-state index contributed by atoms with van der Waals surface area (Å²) in [6.45, 7) is 0. The number of nitrogens with zero attached hydrogens (tertiary/aromatic N) is 1. The smallest absolute Gasteiger partial charge is 0.277 e. The highest BCUT2D eigenvalue weighted by Gasteiger charge is 2.09. The molecule has 1 aromatic heterocycles. The lowest BCUT2D eigenvalue weighted by molar-refractivity contribution is 0.101. The van der Waals surface area contributed by atoms with Crippen LogP contribution >= 0.6 is 11.6 Å². The van der Waals surface area contributed by atoms with Gasteiger partial charge in [-0.2, -0.15) is 0 Å². The van der Waals surface area contributed by atoms with Crippen molar-refractivity contribution in [3.8, 4) is 5.75 Å². The summed E-state index contributed by atoms with van der Waals surface area (Å²) in [7, 11) is 0. The molecule has 2 N–H and O–H groups in total. The summed E-state index contributed by atoms with van der Waals surface area (Å²) in [5.74, 6) is -0.448. The third-order valence-corrected chi connectivity index (χ3v) is 2.18. The van der Waals surface area contributed by atoms with Crippen LogP contribution in [0.25, 0.3) is 0 Å². The number of benzene rings is 1. The highest BCUT2D eigenvalue weighted by molar-refractivity contribution is 6.32. The average molecular weight is 239 g/mol. The van der Waals surface area contributed by atoms with E-state index in [1.54, 1.807) is 0 Å². The van der Waals surface area contributed by atoms with Crippen molar-refractivity contribution in [1.82, 2.24) is 5.16 Å². The predicted octanol–water partition coefficient (Wildman–Crippen LogP) is 2.29. The average Bonchev–Trinajstić information content (AvgIpc) is 2.77. The third-order valence-electron chi connectivity index (χ3n) is 1.88. The Labute approximate surface area is 95.6 Å². The van der Waals surface area contributed by atoms with Crippen LogP contribution in [-0.2, 0) is 0 Å². The lowest BCUT2D eigenvalue weighted by Gasteiger charge is -2.03. The van der Waals surface area contributed by atoms with Gasteiger partial charge in [-0.1, -0.05) is 16.8 Å². The number of carbonyl (C=O) groups is 1. The van der Waals surface area contributed by atoms with Crippen LogP contribution in [-0.4, -0.2) is 16.2 Å². The maximum atomic E-state index is 11.5. The molecule has 82 valence electrons. The number of halogens is 1. The molecule has 6 heteroatoms. The highest BCUT2D eigenvalue weighted by atomic mass is 35.5. The van der Waals surface area contributed by atoms with Gasteiger partial charge in [0, 0.05) is 11.8 Å². The summed E-state index contributed by atoms with van der Waals surface area (Å²) in [6.07, 6.45) is 1.30. The lowest BCUT2D eigenvalue weighted by atomic mass is 10.3. The topological polar surface area (TPSA) is 75.4 Å². The Kier molecular flexibility index (Phi) is 2.78. The molecule has 0 spiro atoms. The first-order chi connectivity index (χ1) is 7.66. The van der Waals surface area contributed by atoms with Crippen molar-refractivity contribution in [2.75, 3.05) is 5.32 Å². The number of phenols is 1. The summed E-state index contributed by atoms with van der Waals surface area (Å²) >= 11 is 5.69. The number of anilines is 1. The number of hydrogen-bond acceptors (Lipinski definition) is 4. The molecule has 0 atom stereocenters. The highest BCUT2D eigenvalue weighted by Crippen LogP contribution is 2.26. The zero-order chi connectivity index (χ0) is 11.5. The first-order valence-electron chi connectivity index (χ1n) is 4.37. The summed E-state index contributed by atoms with van der Waals surface area (Å²) in [5.41, 5.74) is 0.639. The van der Waals surface area contributed by atoms with Crippen LogP contribution in [0.3, 0.4) is 0 Å². The molecule has 0 radical (unpaired) electrons. The fourth-order valence-electron chi connectivity index (χ4n) is 1.11. The molecule has 2 aromatic rings. The molecule has 5 nitrogen and oxygen atoms in total. The second-order valence-electron chi connectivity index (χ2n) is 3.01. The van der Waals surface area contributed by atoms with Gasteiger partial charge in [0.05, 0.1) is 5.02 Å². The minimum Gasteiger partial charge on any atom is -0.506 e. The maximum absolute atomic E-state index is 11.5. The fraction of sp³-hybridized carbons (Fsp3) is 0. The number of amides is 1. The van der Waals surface area contributed by atoms with Gasteiger partial charge in [0.2, 0.25) is 0 Å². The first kappa shape index (κ1) is 10.5. The Hall–Kier alpha value is -2.01. The van der Waals surface area contributed by atoms with E-state index in [2.05, 4.69) is 15.0 Å². The van der Waals surface area contributed by atoms with Crippen molar-refractivity contribution in [3.05, 3.63) is 41.2 Å². The Balaban J connectivity index is 2.15. The van der Waals surface area contributed by atoms with Crippen molar-refractivity contribution >= 4 is 23.2 Å². The van der Waals surface area contributed by atoms with Gasteiger partial charge in [-0.05, 0) is 18.2 Å². The van der Waals surface area contributed by atoms with Crippen molar-refractivity contribution in [2.45, 2.75) is 0 Å². The Morgan fingerprint density at radius 1 is 1.44 bits per heavy atom. The van der Waals surface area contributed by atoms with Crippen LogP contribution < -0.4 is 5.32 Å². The molecule has 0 saturated carbocycles. The Morgan fingerprint density at radius 2 is 2.25 bits per heavy atom. The molecule has 1 heterocycles. The molecule has 2 rings (SSSR count). The van der Waals surface area contributed by atoms with Gasteiger partial charge < -0.3 is 14.9 Å². The van der Waals surface area contributed by atoms with Gasteiger partial charge >= 0.3 is 0 Å². The monoisotopic (exact) mass is 238 g/mol. The van der Waals surface area contributed by atoms with E-state index in [-0.39, 0.29) is 16.5 Å². The molecular formula is C10H7ClN2O3. The van der Waals surface area contributed by atoms with Crippen LogP contribution in [0, 0.1) is 0 Å². The second-order valence-corrected chi connectivity index (χ2v) is 3.41. The van der Waals surface area contributed by atoms with Crippen molar-refractivity contribution < 1.29 is 14.4 Å². The van der Waals surface area contributed by atoms with Crippen LogP contribution in [0.1, 0.15) is 10.5 Å². The minimum absolute atomic E-state index is 0.0406. The van der Waals surface area contributed by atoms with Crippen LogP contribution in [0.5, 0.6) is 5.75 Å². The number of nitrogens with one attached hydrogen (secondary N) is 1. The summed E-state index contributed by atoms with van der Waals surface area (Å²) in [5, 5.41) is 15.4. The van der Waals surface area contributed by atoms with Gasteiger partial charge in [-0.15, -0.1) is 0 Å². The first-order valence-corrected chi connectivity index (χ1v) is 4.75.